The first-order valence-corrected chi connectivity index (χ1v) is 10.3. The third kappa shape index (κ3) is 4.14. The van der Waals surface area contributed by atoms with Gasteiger partial charge in [0.25, 0.3) is 5.91 Å². The summed E-state index contributed by atoms with van der Waals surface area (Å²) in [5.41, 5.74) is 4.75. The second-order valence-electron chi connectivity index (χ2n) is 7.51. The van der Waals surface area contributed by atoms with Crippen molar-refractivity contribution in [3.8, 4) is 11.4 Å². The summed E-state index contributed by atoms with van der Waals surface area (Å²) < 4.78 is 8.95. The summed E-state index contributed by atoms with van der Waals surface area (Å²) in [6.07, 6.45) is 2.58. The van der Waals surface area contributed by atoms with Crippen LogP contribution in [0.15, 0.2) is 42.6 Å². The number of nitrogens with zero attached hydrogens (tertiary/aromatic N) is 5. The molecule has 0 aliphatic rings. The monoisotopic (exact) mass is 418 g/mol. The summed E-state index contributed by atoms with van der Waals surface area (Å²) in [6, 6.07) is 11.4. The van der Waals surface area contributed by atoms with Gasteiger partial charge in [-0.1, -0.05) is 0 Å². The fourth-order valence-corrected chi connectivity index (χ4v) is 3.66. The number of fused-ring (bicyclic) bond motifs is 1. The minimum absolute atomic E-state index is 0.120. The van der Waals surface area contributed by atoms with E-state index < -0.39 is 0 Å². The lowest BCUT2D eigenvalue weighted by Crippen LogP contribution is -2.26. The van der Waals surface area contributed by atoms with Crippen molar-refractivity contribution in [2.75, 3.05) is 13.7 Å². The number of nitrogens with one attached hydrogen (secondary N) is 1. The van der Waals surface area contributed by atoms with Gasteiger partial charge >= 0.3 is 0 Å². The number of methoxy groups -OCH3 is 1. The number of rotatable bonds is 7. The highest BCUT2D eigenvalue weighted by atomic mass is 16.5. The van der Waals surface area contributed by atoms with Gasteiger partial charge in [-0.15, -0.1) is 0 Å². The van der Waals surface area contributed by atoms with Crippen LogP contribution in [0, 0.1) is 20.8 Å². The van der Waals surface area contributed by atoms with E-state index in [-0.39, 0.29) is 5.91 Å². The normalized spacial score (nSPS) is 11.1. The molecule has 0 aliphatic carbocycles. The zero-order valence-corrected chi connectivity index (χ0v) is 18.2. The highest BCUT2D eigenvalue weighted by Crippen LogP contribution is 2.25. The van der Waals surface area contributed by atoms with E-state index >= 15 is 0 Å². The van der Waals surface area contributed by atoms with Crippen LogP contribution in [-0.2, 0) is 6.54 Å². The summed E-state index contributed by atoms with van der Waals surface area (Å²) in [5, 5.41) is 12.7. The Hall–Kier alpha value is -3.68. The number of amides is 1. The van der Waals surface area contributed by atoms with E-state index in [9.17, 15) is 4.79 Å². The molecule has 0 spiro atoms. The molecular formula is C23H26N6O2. The first-order valence-electron chi connectivity index (χ1n) is 10.3. The van der Waals surface area contributed by atoms with Crippen molar-refractivity contribution in [2.24, 2.45) is 0 Å². The van der Waals surface area contributed by atoms with E-state index in [1.165, 1.54) is 0 Å². The van der Waals surface area contributed by atoms with Gasteiger partial charge in [0.15, 0.2) is 5.65 Å². The lowest BCUT2D eigenvalue weighted by atomic mass is 10.1. The van der Waals surface area contributed by atoms with Crippen LogP contribution in [0.5, 0.6) is 5.75 Å². The molecule has 0 unspecified atom stereocenters. The predicted molar refractivity (Wildman–Crippen MR) is 119 cm³/mol. The van der Waals surface area contributed by atoms with Crippen molar-refractivity contribution in [2.45, 2.75) is 33.7 Å². The molecule has 1 amide bonds. The highest BCUT2D eigenvalue weighted by Gasteiger charge is 2.19. The molecule has 0 radical (unpaired) electrons. The Morgan fingerprint density at radius 3 is 2.58 bits per heavy atom. The number of hydrogen-bond donors (Lipinski definition) is 1. The fraction of sp³-hybridized carbons (Fsp3) is 0.304. The SMILES string of the molecule is COc1ccc(-n2nc(C)c3c(C(=O)NCCCn4nccc4C)cc(C)nc32)cc1. The van der Waals surface area contributed by atoms with Gasteiger partial charge in [0.05, 0.1) is 29.4 Å². The van der Waals surface area contributed by atoms with Gasteiger partial charge in [0.1, 0.15) is 5.75 Å². The molecule has 3 aromatic heterocycles. The number of ether oxygens (including phenoxy) is 1. The van der Waals surface area contributed by atoms with Crippen molar-refractivity contribution in [3.63, 3.8) is 0 Å². The van der Waals surface area contributed by atoms with E-state index in [4.69, 9.17) is 4.74 Å². The Kier molecular flexibility index (Phi) is 5.70. The van der Waals surface area contributed by atoms with Gasteiger partial charge in [-0.25, -0.2) is 9.67 Å². The lowest BCUT2D eigenvalue weighted by molar-refractivity contribution is 0.0954. The van der Waals surface area contributed by atoms with E-state index in [1.54, 1.807) is 18.0 Å². The number of pyridine rings is 1. The zero-order chi connectivity index (χ0) is 22.0. The van der Waals surface area contributed by atoms with Gasteiger partial charge in [-0.2, -0.15) is 10.2 Å². The summed E-state index contributed by atoms with van der Waals surface area (Å²) in [6.45, 7) is 7.13. The minimum atomic E-state index is -0.120. The molecule has 1 N–H and O–H groups in total. The Morgan fingerprint density at radius 2 is 1.90 bits per heavy atom. The molecule has 0 bridgehead atoms. The predicted octanol–water partition coefficient (Wildman–Crippen LogP) is 3.37. The first kappa shape index (κ1) is 20.6. The number of carbonyl (C=O) groups excluding carboxylic acids is 1. The van der Waals surface area contributed by atoms with E-state index in [2.05, 4.69) is 20.5 Å². The van der Waals surface area contributed by atoms with Crippen molar-refractivity contribution >= 4 is 16.9 Å². The van der Waals surface area contributed by atoms with Crippen molar-refractivity contribution in [3.05, 3.63) is 65.2 Å². The molecule has 8 nitrogen and oxygen atoms in total. The van der Waals surface area contributed by atoms with Gasteiger partial charge in [-0.05, 0) is 63.6 Å². The quantitative estimate of drug-likeness (QED) is 0.465. The average Bonchev–Trinajstić information content (AvgIpc) is 3.33. The number of aryl methyl sites for hydroxylation is 4. The van der Waals surface area contributed by atoms with Gasteiger partial charge in [0.2, 0.25) is 0 Å². The Balaban J connectivity index is 1.58. The Labute approximate surface area is 180 Å². The molecule has 0 atom stereocenters. The number of benzene rings is 1. The summed E-state index contributed by atoms with van der Waals surface area (Å²) in [5.74, 6) is 0.650. The molecule has 4 rings (SSSR count). The minimum Gasteiger partial charge on any atom is -0.497 e. The summed E-state index contributed by atoms with van der Waals surface area (Å²) >= 11 is 0. The maximum atomic E-state index is 13.0. The molecule has 0 saturated carbocycles. The van der Waals surface area contributed by atoms with Crippen LogP contribution < -0.4 is 10.1 Å². The lowest BCUT2D eigenvalue weighted by Gasteiger charge is -2.09. The Bertz CT molecular complexity index is 1220. The largest absolute Gasteiger partial charge is 0.497 e. The number of aromatic nitrogens is 5. The molecular weight excluding hydrogens is 392 g/mol. The molecule has 8 heteroatoms. The number of hydrogen-bond acceptors (Lipinski definition) is 5. The maximum absolute atomic E-state index is 13.0. The van der Waals surface area contributed by atoms with Crippen molar-refractivity contribution < 1.29 is 9.53 Å². The van der Waals surface area contributed by atoms with E-state index in [1.807, 2.05) is 61.9 Å². The molecule has 0 fully saturated rings. The van der Waals surface area contributed by atoms with Gasteiger partial charge in [-0.3, -0.25) is 9.48 Å². The molecule has 160 valence electrons. The van der Waals surface area contributed by atoms with Crippen molar-refractivity contribution in [1.82, 2.24) is 29.9 Å². The van der Waals surface area contributed by atoms with Crippen LogP contribution in [0.2, 0.25) is 0 Å². The van der Waals surface area contributed by atoms with Crippen molar-refractivity contribution in [1.29, 1.82) is 0 Å². The summed E-state index contributed by atoms with van der Waals surface area (Å²) in [4.78, 5) is 17.7. The van der Waals surface area contributed by atoms with E-state index in [0.717, 1.165) is 46.9 Å². The van der Waals surface area contributed by atoms with Crippen LogP contribution in [0.3, 0.4) is 0 Å². The van der Waals surface area contributed by atoms with E-state index in [0.29, 0.717) is 17.8 Å². The first-order chi connectivity index (χ1) is 15.0. The summed E-state index contributed by atoms with van der Waals surface area (Å²) in [7, 11) is 1.63. The maximum Gasteiger partial charge on any atom is 0.252 e. The smallest absolute Gasteiger partial charge is 0.252 e. The standard InChI is InChI=1S/C23H26N6O2/c1-15-14-20(23(30)24-11-5-13-28-16(2)10-12-25-28)21-17(3)27-29(22(21)26-15)18-6-8-19(31-4)9-7-18/h6-10,12,14H,5,11,13H2,1-4H3,(H,24,30). The van der Waals surface area contributed by atoms with Gasteiger partial charge in [0, 0.05) is 30.7 Å². The van der Waals surface area contributed by atoms with Crippen LogP contribution in [0.25, 0.3) is 16.7 Å². The molecule has 1 aromatic carbocycles. The second-order valence-corrected chi connectivity index (χ2v) is 7.51. The van der Waals surface area contributed by atoms with Crippen LogP contribution in [-0.4, -0.2) is 44.1 Å². The third-order valence-corrected chi connectivity index (χ3v) is 5.26. The molecule has 31 heavy (non-hydrogen) atoms. The highest BCUT2D eigenvalue weighted by molar-refractivity contribution is 6.06. The molecule has 4 aromatic rings. The third-order valence-electron chi connectivity index (χ3n) is 5.26. The molecule has 3 heterocycles. The second kappa shape index (κ2) is 8.59. The Morgan fingerprint density at radius 1 is 1.13 bits per heavy atom. The average molecular weight is 419 g/mol. The van der Waals surface area contributed by atoms with Crippen LogP contribution in [0.4, 0.5) is 0 Å². The zero-order valence-electron chi connectivity index (χ0n) is 18.2. The molecule has 0 aliphatic heterocycles. The van der Waals surface area contributed by atoms with Gasteiger partial charge < -0.3 is 10.1 Å². The number of carbonyl (C=O) groups is 1. The fourth-order valence-electron chi connectivity index (χ4n) is 3.66. The van der Waals surface area contributed by atoms with Crippen LogP contribution in [0.1, 0.15) is 33.9 Å². The van der Waals surface area contributed by atoms with Crippen LogP contribution >= 0.6 is 0 Å². The topological polar surface area (TPSA) is 86.9 Å². The molecule has 0 saturated heterocycles.